The molecule has 0 fully saturated rings. The molecule has 0 spiro atoms. The lowest BCUT2D eigenvalue weighted by Gasteiger charge is -2.10. The zero-order valence-corrected chi connectivity index (χ0v) is 15.7. The molecule has 0 radical (unpaired) electrons. The van der Waals surface area contributed by atoms with Gasteiger partial charge in [-0.15, -0.1) is 0 Å². The van der Waals surface area contributed by atoms with Gasteiger partial charge in [-0.2, -0.15) is 10.5 Å². The normalized spacial score (nSPS) is 10.2. The van der Waals surface area contributed by atoms with Crippen molar-refractivity contribution in [3.63, 3.8) is 0 Å². The monoisotopic (exact) mass is 373 g/mol. The summed E-state index contributed by atoms with van der Waals surface area (Å²) in [5.74, 6) is 0. The molecule has 0 atom stereocenters. The molecule has 0 N–H and O–H groups in total. The summed E-state index contributed by atoms with van der Waals surface area (Å²) in [4.78, 5) is 13.5. The number of pyridine rings is 3. The molecule has 3 aromatic heterocycles. The maximum Gasteiger partial charge on any atom is 0.141 e. The second kappa shape index (κ2) is 7.72. The van der Waals surface area contributed by atoms with Crippen molar-refractivity contribution in [2.75, 3.05) is 0 Å². The maximum atomic E-state index is 9.18. The van der Waals surface area contributed by atoms with Crippen LogP contribution in [0.4, 0.5) is 0 Å². The van der Waals surface area contributed by atoms with Crippen molar-refractivity contribution in [1.29, 1.82) is 10.5 Å². The van der Waals surface area contributed by atoms with E-state index >= 15 is 0 Å². The fourth-order valence-electron chi connectivity index (χ4n) is 2.98. The molecule has 4 aromatic rings. The third-order valence-corrected chi connectivity index (χ3v) is 4.46. The van der Waals surface area contributed by atoms with Gasteiger partial charge in [-0.3, -0.25) is 0 Å². The first-order chi connectivity index (χ1) is 14.2. The molecule has 0 amide bonds. The molecule has 5 nitrogen and oxygen atoms in total. The van der Waals surface area contributed by atoms with Gasteiger partial charge in [0.15, 0.2) is 0 Å². The predicted octanol–water partition coefficient (Wildman–Crippen LogP) is 4.92. The summed E-state index contributed by atoms with van der Waals surface area (Å²) in [5, 5.41) is 18.4. The van der Waals surface area contributed by atoms with Crippen LogP contribution in [0.25, 0.3) is 33.9 Å². The quantitative estimate of drug-likeness (QED) is 0.508. The van der Waals surface area contributed by atoms with E-state index in [1.54, 1.807) is 24.3 Å². The predicted molar refractivity (Wildman–Crippen MR) is 110 cm³/mol. The summed E-state index contributed by atoms with van der Waals surface area (Å²) in [6.45, 7) is 2.04. The Kier molecular flexibility index (Phi) is 4.80. The highest BCUT2D eigenvalue weighted by Gasteiger charge is 2.11. The average Bonchev–Trinajstić information content (AvgIpc) is 2.79. The van der Waals surface area contributed by atoms with Crippen molar-refractivity contribution < 1.29 is 0 Å². The topological polar surface area (TPSA) is 86.2 Å². The molecule has 0 aliphatic rings. The van der Waals surface area contributed by atoms with E-state index in [9.17, 15) is 10.5 Å². The fourth-order valence-corrected chi connectivity index (χ4v) is 2.98. The van der Waals surface area contributed by atoms with Crippen LogP contribution in [-0.2, 0) is 0 Å². The second-order valence-corrected chi connectivity index (χ2v) is 6.53. The minimum Gasteiger partial charge on any atom is -0.244 e. The van der Waals surface area contributed by atoms with E-state index in [-0.39, 0.29) is 0 Å². The number of benzene rings is 1. The minimum atomic E-state index is 0.330. The van der Waals surface area contributed by atoms with Gasteiger partial charge >= 0.3 is 0 Å². The van der Waals surface area contributed by atoms with Gasteiger partial charge in [0.25, 0.3) is 0 Å². The maximum absolute atomic E-state index is 9.18. The van der Waals surface area contributed by atoms with Crippen molar-refractivity contribution in [1.82, 2.24) is 15.0 Å². The number of nitriles is 2. The first kappa shape index (κ1) is 18.0. The van der Waals surface area contributed by atoms with Crippen LogP contribution in [0.15, 0.2) is 72.8 Å². The lowest BCUT2D eigenvalue weighted by molar-refractivity contribution is 1.19. The summed E-state index contributed by atoms with van der Waals surface area (Å²) < 4.78 is 0. The Balaban J connectivity index is 1.93. The van der Waals surface area contributed by atoms with E-state index in [2.05, 4.69) is 46.4 Å². The molecule has 29 heavy (non-hydrogen) atoms. The number of rotatable bonds is 3. The highest BCUT2D eigenvalue weighted by Crippen LogP contribution is 2.29. The number of aromatic nitrogens is 3. The van der Waals surface area contributed by atoms with Gasteiger partial charge < -0.3 is 0 Å². The van der Waals surface area contributed by atoms with Gasteiger partial charge in [-0.05, 0) is 54.4 Å². The van der Waals surface area contributed by atoms with Crippen LogP contribution in [-0.4, -0.2) is 15.0 Å². The van der Waals surface area contributed by atoms with Gasteiger partial charge in [0.05, 0.1) is 22.8 Å². The van der Waals surface area contributed by atoms with Gasteiger partial charge in [0.1, 0.15) is 23.5 Å². The lowest BCUT2D eigenvalue weighted by atomic mass is 10.0. The summed E-state index contributed by atoms with van der Waals surface area (Å²) in [6, 6.07) is 26.8. The molecule has 3 heterocycles. The Morgan fingerprint density at radius 1 is 0.586 bits per heavy atom. The first-order valence-corrected chi connectivity index (χ1v) is 9.00. The zero-order valence-electron chi connectivity index (χ0n) is 15.7. The Morgan fingerprint density at radius 2 is 1.10 bits per heavy atom. The fraction of sp³-hybridized carbons (Fsp3) is 0.0417. The first-order valence-electron chi connectivity index (χ1n) is 9.00. The van der Waals surface area contributed by atoms with Crippen molar-refractivity contribution in [3.05, 3.63) is 89.7 Å². The van der Waals surface area contributed by atoms with E-state index in [4.69, 9.17) is 4.98 Å². The van der Waals surface area contributed by atoms with Crippen molar-refractivity contribution >= 4 is 0 Å². The van der Waals surface area contributed by atoms with Crippen molar-refractivity contribution in [2.45, 2.75) is 6.92 Å². The highest BCUT2D eigenvalue weighted by molar-refractivity contribution is 5.75. The van der Waals surface area contributed by atoms with Crippen LogP contribution in [0.1, 0.15) is 17.0 Å². The Labute approximate surface area is 168 Å². The zero-order chi connectivity index (χ0) is 20.2. The van der Waals surface area contributed by atoms with Crippen molar-refractivity contribution in [2.24, 2.45) is 0 Å². The number of hydrogen-bond donors (Lipinski definition) is 0. The third kappa shape index (κ3) is 3.85. The molecule has 136 valence electrons. The van der Waals surface area contributed by atoms with Crippen LogP contribution in [0.3, 0.4) is 0 Å². The summed E-state index contributed by atoms with van der Waals surface area (Å²) in [5.41, 5.74) is 6.32. The minimum absolute atomic E-state index is 0.330. The molecular formula is C24H15N5. The Morgan fingerprint density at radius 3 is 1.59 bits per heavy atom. The molecule has 4 rings (SSSR count). The highest BCUT2D eigenvalue weighted by atomic mass is 14.8. The number of nitrogens with zero attached hydrogens (tertiary/aromatic N) is 5. The molecular weight excluding hydrogens is 358 g/mol. The smallest absolute Gasteiger partial charge is 0.141 e. The molecule has 0 saturated heterocycles. The van der Waals surface area contributed by atoms with Gasteiger partial charge in [-0.25, -0.2) is 15.0 Å². The summed E-state index contributed by atoms with van der Waals surface area (Å²) in [7, 11) is 0. The van der Waals surface area contributed by atoms with Gasteiger partial charge in [0.2, 0.25) is 0 Å². The largest absolute Gasteiger partial charge is 0.244 e. The number of aryl methyl sites for hydroxylation is 1. The molecule has 0 unspecified atom stereocenters. The molecule has 0 aliphatic heterocycles. The second-order valence-electron chi connectivity index (χ2n) is 6.53. The lowest BCUT2D eigenvalue weighted by Crippen LogP contribution is -1.96. The van der Waals surface area contributed by atoms with Gasteiger partial charge in [-0.1, -0.05) is 42.0 Å². The van der Waals surface area contributed by atoms with E-state index in [1.807, 2.05) is 31.2 Å². The van der Waals surface area contributed by atoms with E-state index < -0.39 is 0 Å². The summed E-state index contributed by atoms with van der Waals surface area (Å²) in [6.07, 6.45) is 0. The van der Waals surface area contributed by atoms with E-state index in [1.165, 1.54) is 5.56 Å². The van der Waals surface area contributed by atoms with E-state index in [0.717, 1.165) is 11.1 Å². The Bertz CT molecular complexity index is 1200. The SMILES string of the molecule is Cc1ccc(-c2cc(-c3cccc(C#N)n3)nc(-c3cccc(C#N)n3)c2)cc1. The van der Waals surface area contributed by atoms with E-state index in [0.29, 0.717) is 34.2 Å². The van der Waals surface area contributed by atoms with Crippen LogP contribution in [0, 0.1) is 29.6 Å². The molecule has 0 saturated carbocycles. The summed E-state index contributed by atoms with van der Waals surface area (Å²) >= 11 is 0. The number of hydrogen-bond acceptors (Lipinski definition) is 5. The molecule has 1 aromatic carbocycles. The molecule has 5 heteroatoms. The molecule has 0 bridgehead atoms. The average molecular weight is 373 g/mol. The Hall–Kier alpha value is -4.35. The molecule has 0 aliphatic carbocycles. The standard InChI is InChI=1S/C24H15N5/c1-16-8-10-17(11-9-16)18-12-23(21-6-2-4-19(14-25)27-21)29-24(13-18)22-7-3-5-20(15-26)28-22/h2-13H,1H3. The van der Waals surface area contributed by atoms with Crippen LogP contribution in [0.5, 0.6) is 0 Å². The van der Waals surface area contributed by atoms with Crippen LogP contribution in [0.2, 0.25) is 0 Å². The van der Waals surface area contributed by atoms with Gasteiger partial charge in [0, 0.05) is 0 Å². The van der Waals surface area contributed by atoms with Crippen LogP contribution < -0.4 is 0 Å². The third-order valence-electron chi connectivity index (χ3n) is 4.46. The van der Waals surface area contributed by atoms with Crippen LogP contribution >= 0.6 is 0 Å². The van der Waals surface area contributed by atoms with Crippen molar-refractivity contribution in [3.8, 4) is 46.0 Å².